The molecular formula is C15H21BrClN. The van der Waals surface area contributed by atoms with Gasteiger partial charge in [0.05, 0.1) is 5.69 Å². The van der Waals surface area contributed by atoms with Gasteiger partial charge in [0.1, 0.15) is 0 Å². The molecule has 0 heterocycles. The Balaban J connectivity index is 2.20. The second-order valence-electron chi connectivity index (χ2n) is 6.01. The molecule has 1 saturated carbocycles. The van der Waals surface area contributed by atoms with E-state index in [2.05, 4.69) is 41.2 Å². The van der Waals surface area contributed by atoms with Crippen molar-refractivity contribution in [1.29, 1.82) is 0 Å². The number of aryl methyl sites for hydroxylation is 1. The maximum Gasteiger partial charge on any atom is 0.0502 e. The van der Waals surface area contributed by atoms with Crippen molar-refractivity contribution in [2.45, 2.75) is 52.5 Å². The largest absolute Gasteiger partial charge is 0.381 e. The number of hydrogen-bond donors (Lipinski definition) is 1. The predicted molar refractivity (Wildman–Crippen MR) is 83.5 cm³/mol. The van der Waals surface area contributed by atoms with Gasteiger partial charge in [0.2, 0.25) is 0 Å². The number of halogens is 2. The Morgan fingerprint density at radius 1 is 1.33 bits per heavy atom. The van der Waals surface area contributed by atoms with Gasteiger partial charge < -0.3 is 5.32 Å². The number of rotatable bonds is 2. The highest BCUT2D eigenvalue weighted by Gasteiger charge is 2.32. The third-order valence-electron chi connectivity index (χ3n) is 4.09. The number of hydrogen-bond acceptors (Lipinski definition) is 1. The van der Waals surface area contributed by atoms with Crippen molar-refractivity contribution in [3.8, 4) is 0 Å². The summed E-state index contributed by atoms with van der Waals surface area (Å²) < 4.78 is 1.10. The molecule has 18 heavy (non-hydrogen) atoms. The summed E-state index contributed by atoms with van der Waals surface area (Å²) in [6.45, 7) is 6.74. The summed E-state index contributed by atoms with van der Waals surface area (Å²) >= 11 is 9.84. The van der Waals surface area contributed by atoms with Gasteiger partial charge in [0.15, 0.2) is 0 Å². The molecule has 2 rings (SSSR count). The van der Waals surface area contributed by atoms with E-state index in [9.17, 15) is 0 Å². The van der Waals surface area contributed by atoms with Crippen molar-refractivity contribution in [2.24, 2.45) is 5.41 Å². The molecule has 1 aliphatic carbocycles. The van der Waals surface area contributed by atoms with Crippen LogP contribution in [0.1, 0.15) is 45.1 Å². The lowest BCUT2D eigenvalue weighted by Gasteiger charge is -2.40. The van der Waals surface area contributed by atoms with Gasteiger partial charge in [-0.2, -0.15) is 0 Å². The summed E-state index contributed by atoms with van der Waals surface area (Å²) in [5, 5.41) is 4.50. The molecule has 1 nitrogen and oxygen atoms in total. The van der Waals surface area contributed by atoms with Gasteiger partial charge in [-0.25, -0.2) is 0 Å². The quantitative estimate of drug-likeness (QED) is 0.723. The fourth-order valence-corrected chi connectivity index (χ4v) is 3.44. The number of nitrogens with one attached hydrogen (secondary N) is 1. The second-order valence-corrected chi connectivity index (χ2v) is 7.27. The molecule has 3 heteroatoms. The lowest BCUT2D eigenvalue weighted by atomic mass is 9.73. The molecule has 0 aliphatic heterocycles. The van der Waals surface area contributed by atoms with Gasteiger partial charge in [-0.3, -0.25) is 0 Å². The second kappa shape index (κ2) is 5.42. The fourth-order valence-electron chi connectivity index (χ4n) is 2.71. The molecule has 100 valence electrons. The van der Waals surface area contributed by atoms with Crippen molar-refractivity contribution in [2.75, 3.05) is 5.32 Å². The average Bonchev–Trinajstić information content (AvgIpc) is 2.28. The molecule has 0 spiro atoms. The molecule has 0 aromatic heterocycles. The molecule has 1 unspecified atom stereocenters. The van der Waals surface area contributed by atoms with Crippen LogP contribution in [0, 0.1) is 12.3 Å². The highest BCUT2D eigenvalue weighted by atomic mass is 79.9. The van der Waals surface area contributed by atoms with E-state index >= 15 is 0 Å². The third-order valence-corrected chi connectivity index (χ3v) is 5.15. The monoisotopic (exact) mass is 329 g/mol. The minimum Gasteiger partial charge on any atom is -0.381 e. The van der Waals surface area contributed by atoms with E-state index in [4.69, 9.17) is 11.6 Å². The van der Waals surface area contributed by atoms with Crippen molar-refractivity contribution in [3.63, 3.8) is 0 Å². The zero-order chi connectivity index (χ0) is 13.3. The average molecular weight is 331 g/mol. The molecule has 0 amide bonds. The minimum absolute atomic E-state index is 0.356. The van der Waals surface area contributed by atoms with Crippen LogP contribution >= 0.6 is 27.5 Å². The van der Waals surface area contributed by atoms with Crippen molar-refractivity contribution < 1.29 is 0 Å². The molecule has 1 aromatic rings. The number of benzene rings is 1. The first-order valence-corrected chi connectivity index (χ1v) is 7.79. The minimum atomic E-state index is 0.356. The normalized spacial score (nSPS) is 22.8. The van der Waals surface area contributed by atoms with Crippen LogP contribution in [-0.2, 0) is 0 Å². The van der Waals surface area contributed by atoms with Gasteiger partial charge in [-0.05, 0) is 58.8 Å². The molecule has 1 N–H and O–H groups in total. The lowest BCUT2D eigenvalue weighted by Crippen LogP contribution is -2.39. The Kier molecular flexibility index (Phi) is 4.28. The maximum absolute atomic E-state index is 6.21. The van der Waals surface area contributed by atoms with E-state index < -0.39 is 0 Å². The SMILES string of the molecule is Cc1cc(Br)c(NC2CCCCC2(C)C)cc1Cl. The zero-order valence-electron chi connectivity index (χ0n) is 11.3. The molecule has 0 saturated heterocycles. The first-order valence-electron chi connectivity index (χ1n) is 6.62. The van der Waals surface area contributed by atoms with E-state index in [-0.39, 0.29) is 0 Å². The highest BCUT2D eigenvalue weighted by molar-refractivity contribution is 9.10. The van der Waals surface area contributed by atoms with Gasteiger partial charge in [0.25, 0.3) is 0 Å². The van der Waals surface area contributed by atoms with E-state index in [1.165, 1.54) is 25.7 Å². The van der Waals surface area contributed by atoms with Gasteiger partial charge >= 0.3 is 0 Å². The van der Waals surface area contributed by atoms with Crippen LogP contribution in [0.2, 0.25) is 5.02 Å². The van der Waals surface area contributed by atoms with Crippen LogP contribution in [0.5, 0.6) is 0 Å². The van der Waals surface area contributed by atoms with Crippen LogP contribution < -0.4 is 5.32 Å². The molecule has 1 aliphatic rings. The van der Waals surface area contributed by atoms with E-state index in [0.717, 1.165) is 20.7 Å². The van der Waals surface area contributed by atoms with E-state index in [0.29, 0.717) is 11.5 Å². The maximum atomic E-state index is 6.21. The van der Waals surface area contributed by atoms with Crippen molar-refractivity contribution >= 4 is 33.2 Å². The molecule has 1 aromatic carbocycles. The van der Waals surface area contributed by atoms with Crippen molar-refractivity contribution in [1.82, 2.24) is 0 Å². The fraction of sp³-hybridized carbons (Fsp3) is 0.600. The predicted octanol–water partition coefficient (Wildman–Crippen LogP) is 5.79. The topological polar surface area (TPSA) is 12.0 Å². The molecule has 1 atom stereocenters. The lowest BCUT2D eigenvalue weighted by molar-refractivity contribution is 0.217. The highest BCUT2D eigenvalue weighted by Crippen LogP contribution is 2.39. The summed E-state index contributed by atoms with van der Waals surface area (Å²) in [5.74, 6) is 0. The summed E-state index contributed by atoms with van der Waals surface area (Å²) in [6, 6.07) is 4.65. The van der Waals surface area contributed by atoms with Crippen molar-refractivity contribution in [3.05, 3.63) is 27.2 Å². The van der Waals surface area contributed by atoms with E-state index in [1.54, 1.807) is 0 Å². The zero-order valence-corrected chi connectivity index (χ0v) is 13.7. The molecular weight excluding hydrogens is 310 g/mol. The Bertz CT molecular complexity index is 442. The van der Waals surface area contributed by atoms with Gasteiger partial charge in [0, 0.05) is 15.5 Å². The Morgan fingerprint density at radius 2 is 2.06 bits per heavy atom. The molecule has 0 bridgehead atoms. The first-order chi connectivity index (χ1) is 8.40. The third kappa shape index (κ3) is 3.03. The van der Waals surface area contributed by atoms with Crippen LogP contribution in [0.25, 0.3) is 0 Å². The first kappa shape index (κ1) is 14.2. The van der Waals surface area contributed by atoms with E-state index in [1.807, 2.05) is 13.0 Å². The van der Waals surface area contributed by atoms with Gasteiger partial charge in [-0.15, -0.1) is 0 Å². The van der Waals surface area contributed by atoms with Crippen LogP contribution in [-0.4, -0.2) is 6.04 Å². The Labute approximate surface area is 123 Å². The van der Waals surface area contributed by atoms with Gasteiger partial charge in [-0.1, -0.05) is 38.3 Å². The van der Waals surface area contributed by atoms with Crippen LogP contribution in [0.4, 0.5) is 5.69 Å². The standard InChI is InChI=1S/C15H21BrClN/c1-10-8-11(16)13(9-12(10)17)18-14-6-4-5-7-15(14,2)3/h8-9,14,18H,4-7H2,1-3H3. The summed E-state index contributed by atoms with van der Waals surface area (Å²) in [6.07, 6.45) is 5.20. The summed E-state index contributed by atoms with van der Waals surface area (Å²) in [5.41, 5.74) is 2.58. The Morgan fingerprint density at radius 3 is 2.72 bits per heavy atom. The molecule has 0 radical (unpaired) electrons. The van der Waals surface area contributed by atoms with Crippen LogP contribution in [0.3, 0.4) is 0 Å². The molecule has 1 fully saturated rings. The smallest absolute Gasteiger partial charge is 0.0502 e. The van der Waals surface area contributed by atoms with Crippen LogP contribution in [0.15, 0.2) is 16.6 Å². The number of anilines is 1. The Hall–Kier alpha value is -0.210. The summed E-state index contributed by atoms with van der Waals surface area (Å²) in [7, 11) is 0. The summed E-state index contributed by atoms with van der Waals surface area (Å²) in [4.78, 5) is 0.